The first-order valence-electron chi connectivity index (χ1n) is 8.10. The Morgan fingerprint density at radius 3 is 2.56 bits per heavy atom. The van der Waals surface area contributed by atoms with Gasteiger partial charge in [-0.15, -0.1) is 0 Å². The van der Waals surface area contributed by atoms with Crippen LogP contribution in [0, 0.1) is 20.7 Å². The number of hydrogen-bond donors (Lipinski definition) is 0. The minimum absolute atomic E-state index is 0.361. The van der Waals surface area contributed by atoms with Gasteiger partial charge in [0.15, 0.2) is 0 Å². The highest BCUT2D eigenvalue weighted by Crippen LogP contribution is 2.26. The predicted octanol–water partition coefficient (Wildman–Crippen LogP) is 6.84. The van der Waals surface area contributed by atoms with E-state index in [1.165, 1.54) is 12.1 Å². The average molecular weight is 534 g/mol. The average Bonchev–Trinajstić information content (AvgIpc) is 2.66. The Balaban J connectivity index is 1.77. The van der Waals surface area contributed by atoms with Gasteiger partial charge in [0.2, 0.25) is 0 Å². The van der Waals surface area contributed by atoms with E-state index in [2.05, 4.69) is 44.6 Å². The Hall–Kier alpha value is -2.17. The van der Waals surface area contributed by atoms with Crippen LogP contribution in [0.4, 0.5) is 4.39 Å². The number of allylic oxidation sites excluding steroid dienone is 1. The van der Waals surface area contributed by atoms with Crippen LogP contribution in [0.3, 0.4) is 0 Å². The molecule has 0 aliphatic heterocycles. The molecule has 2 nitrogen and oxygen atoms in total. The topological polar surface area (TPSA) is 33.0 Å². The standard InChI is InChI=1S/C22H14BrFINO/c23-19-7-4-15(5-8-19)14-27-22-9-6-16(11-21(22)25)10-18(13-26)17-2-1-3-20(24)12-17/h1-12H,14H2/b18-10-. The van der Waals surface area contributed by atoms with Gasteiger partial charge in [0, 0.05) is 4.47 Å². The van der Waals surface area contributed by atoms with Gasteiger partial charge in [-0.2, -0.15) is 5.26 Å². The van der Waals surface area contributed by atoms with Crippen molar-refractivity contribution in [3.63, 3.8) is 0 Å². The Labute approximate surface area is 179 Å². The number of hydrogen-bond acceptors (Lipinski definition) is 2. The summed E-state index contributed by atoms with van der Waals surface area (Å²) in [5.74, 6) is 0.417. The van der Waals surface area contributed by atoms with Gasteiger partial charge in [0.25, 0.3) is 0 Å². The zero-order valence-electron chi connectivity index (χ0n) is 14.1. The summed E-state index contributed by atoms with van der Waals surface area (Å²) < 4.78 is 21.3. The Kier molecular flexibility index (Phi) is 6.64. The molecule has 134 valence electrons. The maximum atomic E-state index is 13.4. The number of halogens is 3. The summed E-state index contributed by atoms with van der Waals surface area (Å²) in [4.78, 5) is 0. The first-order valence-corrected chi connectivity index (χ1v) is 9.97. The van der Waals surface area contributed by atoms with Crippen molar-refractivity contribution in [1.82, 2.24) is 0 Å². The molecule has 0 fully saturated rings. The zero-order valence-corrected chi connectivity index (χ0v) is 17.9. The highest BCUT2D eigenvalue weighted by Gasteiger charge is 2.06. The maximum absolute atomic E-state index is 13.4. The summed E-state index contributed by atoms with van der Waals surface area (Å²) in [5, 5.41) is 9.41. The molecule has 3 aromatic rings. The van der Waals surface area contributed by atoms with E-state index in [4.69, 9.17) is 4.74 Å². The van der Waals surface area contributed by atoms with Crippen molar-refractivity contribution in [1.29, 1.82) is 5.26 Å². The molecular formula is C22H14BrFINO. The van der Waals surface area contributed by atoms with Crippen LogP contribution in [0.5, 0.6) is 5.75 Å². The molecule has 0 saturated heterocycles. The van der Waals surface area contributed by atoms with Crippen LogP contribution in [0.1, 0.15) is 16.7 Å². The van der Waals surface area contributed by atoms with Crippen LogP contribution in [-0.2, 0) is 6.61 Å². The van der Waals surface area contributed by atoms with E-state index in [0.29, 0.717) is 17.7 Å². The highest BCUT2D eigenvalue weighted by molar-refractivity contribution is 14.1. The predicted molar refractivity (Wildman–Crippen MR) is 118 cm³/mol. The lowest BCUT2D eigenvalue weighted by molar-refractivity contribution is 0.304. The van der Waals surface area contributed by atoms with Crippen molar-refractivity contribution in [2.75, 3.05) is 0 Å². The number of benzene rings is 3. The third-order valence-electron chi connectivity index (χ3n) is 3.83. The summed E-state index contributed by atoms with van der Waals surface area (Å²) in [5.41, 5.74) is 2.91. The van der Waals surface area contributed by atoms with Crippen molar-refractivity contribution < 1.29 is 9.13 Å². The Morgan fingerprint density at radius 1 is 1.11 bits per heavy atom. The van der Waals surface area contributed by atoms with Gasteiger partial charge in [0.05, 0.1) is 15.2 Å². The molecule has 3 rings (SSSR count). The lowest BCUT2D eigenvalue weighted by Gasteiger charge is -2.09. The van der Waals surface area contributed by atoms with Crippen molar-refractivity contribution >= 4 is 50.2 Å². The number of ether oxygens (including phenoxy) is 1. The molecule has 0 radical (unpaired) electrons. The van der Waals surface area contributed by atoms with Crippen LogP contribution < -0.4 is 4.74 Å². The molecule has 3 aromatic carbocycles. The van der Waals surface area contributed by atoms with Gasteiger partial charge in [-0.1, -0.05) is 46.3 Å². The fourth-order valence-corrected chi connectivity index (χ4v) is 3.43. The van der Waals surface area contributed by atoms with E-state index in [1.807, 2.05) is 42.5 Å². The summed E-state index contributed by atoms with van der Waals surface area (Å²) in [6.45, 7) is 0.477. The first-order chi connectivity index (χ1) is 13.0. The maximum Gasteiger partial charge on any atom is 0.133 e. The minimum atomic E-state index is -0.361. The SMILES string of the molecule is N#C/C(=C/c1ccc(OCc2ccc(Br)cc2)c(I)c1)c1cccc(F)c1. The van der Waals surface area contributed by atoms with Crippen molar-refractivity contribution in [3.8, 4) is 11.8 Å². The molecule has 0 atom stereocenters. The Morgan fingerprint density at radius 2 is 1.89 bits per heavy atom. The number of nitriles is 1. The molecule has 0 aromatic heterocycles. The third kappa shape index (κ3) is 5.41. The van der Waals surface area contributed by atoms with Crippen molar-refractivity contribution in [2.24, 2.45) is 0 Å². The van der Waals surface area contributed by atoms with E-state index in [0.717, 1.165) is 24.9 Å². The molecule has 27 heavy (non-hydrogen) atoms. The van der Waals surface area contributed by atoms with Gasteiger partial charge < -0.3 is 4.74 Å². The zero-order chi connectivity index (χ0) is 19.2. The molecule has 0 heterocycles. The van der Waals surface area contributed by atoms with Gasteiger partial charge in [-0.3, -0.25) is 0 Å². The van der Waals surface area contributed by atoms with E-state index in [9.17, 15) is 9.65 Å². The van der Waals surface area contributed by atoms with Gasteiger partial charge in [-0.25, -0.2) is 4.39 Å². The summed E-state index contributed by atoms with van der Waals surface area (Å²) in [6.07, 6.45) is 1.75. The van der Waals surface area contributed by atoms with Gasteiger partial charge in [-0.05, 0) is 81.8 Å². The number of nitrogens with zero attached hydrogens (tertiary/aromatic N) is 1. The highest BCUT2D eigenvalue weighted by atomic mass is 127. The normalized spacial score (nSPS) is 11.1. The molecular weight excluding hydrogens is 520 g/mol. The minimum Gasteiger partial charge on any atom is -0.488 e. The molecule has 0 saturated carbocycles. The molecule has 0 aliphatic carbocycles. The molecule has 0 amide bonds. The lowest BCUT2D eigenvalue weighted by atomic mass is 10.0. The second kappa shape index (κ2) is 9.16. The third-order valence-corrected chi connectivity index (χ3v) is 5.20. The molecule has 0 unspecified atom stereocenters. The van der Waals surface area contributed by atoms with E-state index in [-0.39, 0.29) is 5.82 Å². The molecule has 0 spiro atoms. The molecule has 0 aliphatic rings. The van der Waals surface area contributed by atoms with Crippen LogP contribution >= 0.6 is 38.5 Å². The smallest absolute Gasteiger partial charge is 0.133 e. The summed E-state index contributed by atoms with van der Waals surface area (Å²) >= 11 is 5.62. The Bertz CT molecular complexity index is 1030. The summed E-state index contributed by atoms with van der Waals surface area (Å²) in [6, 6.07) is 21.8. The van der Waals surface area contributed by atoms with Crippen molar-refractivity contribution in [3.05, 3.63) is 97.3 Å². The molecule has 0 N–H and O–H groups in total. The van der Waals surface area contributed by atoms with Crippen LogP contribution in [0.25, 0.3) is 11.6 Å². The lowest BCUT2D eigenvalue weighted by Crippen LogP contribution is -1.97. The van der Waals surface area contributed by atoms with Gasteiger partial charge >= 0.3 is 0 Å². The number of rotatable bonds is 5. The second-order valence-corrected chi connectivity index (χ2v) is 7.86. The van der Waals surface area contributed by atoms with E-state index in [1.54, 1.807) is 18.2 Å². The molecule has 0 bridgehead atoms. The fraction of sp³-hybridized carbons (Fsp3) is 0.0455. The largest absolute Gasteiger partial charge is 0.488 e. The quantitative estimate of drug-likeness (QED) is 0.204. The van der Waals surface area contributed by atoms with E-state index < -0.39 is 0 Å². The van der Waals surface area contributed by atoms with Crippen molar-refractivity contribution in [2.45, 2.75) is 6.61 Å². The van der Waals surface area contributed by atoms with Gasteiger partial charge in [0.1, 0.15) is 18.2 Å². The van der Waals surface area contributed by atoms with E-state index >= 15 is 0 Å². The first kappa shape index (κ1) is 19.6. The van der Waals surface area contributed by atoms with Crippen LogP contribution in [-0.4, -0.2) is 0 Å². The summed E-state index contributed by atoms with van der Waals surface area (Å²) in [7, 11) is 0. The monoisotopic (exact) mass is 533 g/mol. The van der Waals surface area contributed by atoms with Crippen LogP contribution in [0.2, 0.25) is 0 Å². The molecule has 5 heteroatoms. The second-order valence-electron chi connectivity index (χ2n) is 5.79. The van der Waals surface area contributed by atoms with Crippen LogP contribution in [0.15, 0.2) is 71.2 Å². The fourth-order valence-electron chi connectivity index (χ4n) is 2.47.